The van der Waals surface area contributed by atoms with Gasteiger partial charge < -0.3 is 10.1 Å². The predicted molar refractivity (Wildman–Crippen MR) is 96.0 cm³/mol. The molecule has 0 saturated heterocycles. The van der Waals surface area contributed by atoms with Crippen LogP contribution in [0.1, 0.15) is 18.9 Å². The van der Waals surface area contributed by atoms with Gasteiger partial charge in [-0.15, -0.1) is 11.8 Å². The average Bonchev–Trinajstić information content (AvgIpc) is 2.58. The number of carbonyl (C=O) groups excluding carboxylic acids is 1. The van der Waals surface area contributed by atoms with Crippen LogP contribution in [0.2, 0.25) is 0 Å². The average molecular weight is 347 g/mol. The zero-order chi connectivity index (χ0) is 17.4. The molecule has 128 valence electrons. The summed E-state index contributed by atoms with van der Waals surface area (Å²) in [6, 6.07) is 14.4. The van der Waals surface area contributed by atoms with E-state index in [9.17, 15) is 9.18 Å². The molecule has 1 atom stereocenters. The molecule has 0 heterocycles. The minimum atomic E-state index is -0.371. The van der Waals surface area contributed by atoms with Crippen molar-refractivity contribution in [3.63, 3.8) is 0 Å². The Morgan fingerprint density at radius 3 is 2.62 bits per heavy atom. The number of carbonyl (C=O) groups is 1. The van der Waals surface area contributed by atoms with Crippen molar-refractivity contribution in [1.82, 2.24) is 5.32 Å². The van der Waals surface area contributed by atoms with Crippen molar-refractivity contribution in [3.8, 4) is 5.75 Å². The third-order valence-corrected chi connectivity index (χ3v) is 4.53. The molecule has 0 aliphatic heterocycles. The Balaban J connectivity index is 1.65. The highest BCUT2D eigenvalue weighted by Gasteiger charge is 2.13. The second-order valence-corrected chi connectivity index (χ2v) is 6.91. The number of thioether (sulfide) groups is 1. The lowest BCUT2D eigenvalue weighted by Crippen LogP contribution is -2.32. The number of para-hydroxylation sites is 1. The van der Waals surface area contributed by atoms with Crippen molar-refractivity contribution in [1.29, 1.82) is 0 Å². The molecule has 5 heteroatoms. The van der Waals surface area contributed by atoms with E-state index in [1.165, 1.54) is 23.4 Å². The molecule has 1 unspecified atom stereocenters. The zero-order valence-corrected chi connectivity index (χ0v) is 14.7. The Bertz CT molecular complexity index is 661. The number of amides is 1. The van der Waals surface area contributed by atoms with Crippen LogP contribution in [0.5, 0.6) is 5.75 Å². The van der Waals surface area contributed by atoms with Crippen LogP contribution < -0.4 is 10.1 Å². The van der Waals surface area contributed by atoms with Crippen molar-refractivity contribution in [3.05, 3.63) is 59.9 Å². The Morgan fingerprint density at radius 1 is 1.21 bits per heavy atom. The Kier molecular flexibility index (Phi) is 7.12. The lowest BCUT2D eigenvalue weighted by Gasteiger charge is -2.12. The zero-order valence-electron chi connectivity index (χ0n) is 13.9. The van der Waals surface area contributed by atoms with E-state index >= 15 is 0 Å². The highest BCUT2D eigenvalue weighted by Crippen LogP contribution is 2.23. The van der Waals surface area contributed by atoms with Gasteiger partial charge in [-0.25, -0.2) is 4.39 Å². The van der Waals surface area contributed by atoms with Gasteiger partial charge in [-0.3, -0.25) is 4.79 Å². The van der Waals surface area contributed by atoms with Crippen LogP contribution in [0.25, 0.3) is 0 Å². The normalized spacial score (nSPS) is 11.8. The first-order valence-electron chi connectivity index (χ1n) is 7.94. The highest BCUT2D eigenvalue weighted by molar-refractivity contribution is 8.00. The number of rotatable bonds is 8. The summed E-state index contributed by atoms with van der Waals surface area (Å²) in [5.74, 6) is -0.136. The van der Waals surface area contributed by atoms with E-state index in [1.807, 2.05) is 38.1 Å². The fourth-order valence-corrected chi connectivity index (χ4v) is 2.94. The van der Waals surface area contributed by atoms with Gasteiger partial charge in [-0.05, 0) is 44.5 Å². The number of hydrogen-bond donors (Lipinski definition) is 1. The van der Waals surface area contributed by atoms with Crippen LogP contribution in [0.4, 0.5) is 4.39 Å². The topological polar surface area (TPSA) is 38.3 Å². The molecule has 24 heavy (non-hydrogen) atoms. The van der Waals surface area contributed by atoms with Crippen LogP contribution in [-0.2, 0) is 4.79 Å². The van der Waals surface area contributed by atoms with E-state index in [2.05, 4.69) is 5.32 Å². The second kappa shape index (κ2) is 9.33. The summed E-state index contributed by atoms with van der Waals surface area (Å²) >= 11 is 1.53. The van der Waals surface area contributed by atoms with Crippen molar-refractivity contribution < 1.29 is 13.9 Å². The Morgan fingerprint density at radius 2 is 1.92 bits per heavy atom. The fourth-order valence-electron chi connectivity index (χ4n) is 2.05. The number of ether oxygens (including phenoxy) is 1. The molecular formula is C19H22FNO2S. The van der Waals surface area contributed by atoms with Crippen molar-refractivity contribution in [2.75, 3.05) is 13.2 Å². The molecule has 0 radical (unpaired) electrons. The van der Waals surface area contributed by atoms with E-state index in [4.69, 9.17) is 4.74 Å². The van der Waals surface area contributed by atoms with Gasteiger partial charge in [0.15, 0.2) is 11.6 Å². The second-order valence-electron chi connectivity index (χ2n) is 5.50. The number of hydrogen-bond acceptors (Lipinski definition) is 3. The fraction of sp³-hybridized carbons (Fsp3) is 0.316. The highest BCUT2D eigenvalue weighted by atomic mass is 32.2. The Hall–Kier alpha value is -2.01. The lowest BCUT2D eigenvalue weighted by atomic mass is 10.2. The maximum Gasteiger partial charge on any atom is 0.233 e. The molecule has 0 aliphatic carbocycles. The summed E-state index contributed by atoms with van der Waals surface area (Å²) in [7, 11) is 0. The van der Waals surface area contributed by atoms with Crippen LogP contribution in [0.15, 0.2) is 53.4 Å². The molecule has 1 amide bonds. The molecule has 0 aliphatic rings. The minimum absolute atomic E-state index is 0.00790. The van der Waals surface area contributed by atoms with E-state index in [0.717, 1.165) is 4.90 Å². The maximum absolute atomic E-state index is 13.4. The molecule has 0 saturated carbocycles. The summed E-state index contributed by atoms with van der Waals surface area (Å²) in [4.78, 5) is 13.1. The first-order chi connectivity index (χ1) is 11.6. The maximum atomic E-state index is 13.4. The number of nitrogens with one attached hydrogen (secondary N) is 1. The van der Waals surface area contributed by atoms with Crippen LogP contribution in [0, 0.1) is 12.7 Å². The third-order valence-electron chi connectivity index (χ3n) is 3.42. The molecular weight excluding hydrogens is 325 g/mol. The van der Waals surface area contributed by atoms with Gasteiger partial charge in [0.05, 0.1) is 11.9 Å². The summed E-state index contributed by atoms with van der Waals surface area (Å²) in [5, 5.41) is 2.71. The third kappa shape index (κ3) is 5.89. The van der Waals surface area contributed by atoms with Crippen molar-refractivity contribution in [2.24, 2.45) is 0 Å². The summed E-state index contributed by atoms with van der Waals surface area (Å²) in [6.07, 6.45) is 0.627. The number of aryl methyl sites for hydroxylation is 1. The summed E-state index contributed by atoms with van der Waals surface area (Å²) in [5.41, 5.74) is 1.20. The Labute approximate surface area is 146 Å². The number of benzene rings is 2. The number of halogens is 1. The van der Waals surface area contributed by atoms with E-state index in [0.29, 0.717) is 19.6 Å². The SMILES string of the molecule is Cc1ccc(SC(C)C(=O)NCCCOc2ccccc2F)cc1. The molecule has 0 aromatic heterocycles. The van der Waals surface area contributed by atoms with Gasteiger partial charge in [0.25, 0.3) is 0 Å². The standard InChI is InChI=1S/C19H22FNO2S/c1-14-8-10-16(11-9-14)24-15(2)19(22)21-12-5-13-23-18-7-4-3-6-17(18)20/h3-4,6-11,15H,5,12-13H2,1-2H3,(H,21,22). The smallest absolute Gasteiger partial charge is 0.233 e. The van der Waals surface area contributed by atoms with Crippen LogP contribution in [0.3, 0.4) is 0 Å². The first-order valence-corrected chi connectivity index (χ1v) is 8.82. The van der Waals surface area contributed by atoms with E-state index in [-0.39, 0.29) is 22.7 Å². The van der Waals surface area contributed by atoms with Gasteiger partial charge >= 0.3 is 0 Å². The molecule has 2 aromatic rings. The molecule has 0 spiro atoms. The van der Waals surface area contributed by atoms with E-state index < -0.39 is 0 Å². The van der Waals surface area contributed by atoms with Crippen LogP contribution in [-0.4, -0.2) is 24.3 Å². The molecule has 1 N–H and O–H groups in total. The lowest BCUT2D eigenvalue weighted by molar-refractivity contribution is -0.120. The molecule has 0 bridgehead atoms. The quantitative estimate of drug-likeness (QED) is 0.574. The van der Waals surface area contributed by atoms with Gasteiger partial charge in [0.1, 0.15) is 0 Å². The van der Waals surface area contributed by atoms with Crippen molar-refractivity contribution in [2.45, 2.75) is 30.4 Å². The molecule has 2 aromatic carbocycles. The summed E-state index contributed by atoms with van der Waals surface area (Å²) < 4.78 is 18.7. The predicted octanol–water partition coefficient (Wildman–Crippen LogP) is 4.20. The van der Waals surface area contributed by atoms with Crippen molar-refractivity contribution >= 4 is 17.7 Å². The largest absolute Gasteiger partial charge is 0.490 e. The molecule has 3 nitrogen and oxygen atoms in total. The van der Waals surface area contributed by atoms with Gasteiger partial charge in [0, 0.05) is 11.4 Å². The van der Waals surface area contributed by atoms with Gasteiger partial charge in [-0.1, -0.05) is 29.8 Å². The molecule has 0 fully saturated rings. The first kappa shape index (κ1) is 18.3. The minimum Gasteiger partial charge on any atom is -0.490 e. The van der Waals surface area contributed by atoms with Crippen LogP contribution >= 0.6 is 11.8 Å². The summed E-state index contributed by atoms with van der Waals surface area (Å²) in [6.45, 7) is 4.79. The van der Waals surface area contributed by atoms with Gasteiger partial charge in [-0.2, -0.15) is 0 Å². The van der Waals surface area contributed by atoms with Gasteiger partial charge in [0.2, 0.25) is 5.91 Å². The molecule has 2 rings (SSSR count). The van der Waals surface area contributed by atoms with E-state index in [1.54, 1.807) is 18.2 Å². The monoisotopic (exact) mass is 347 g/mol.